The average Bonchev–Trinajstić information content (AvgIpc) is 2.58. The van der Waals surface area contributed by atoms with Gasteiger partial charge in [0.2, 0.25) is 0 Å². The fraction of sp³-hybridized carbons (Fsp3) is 0.250. The van der Waals surface area contributed by atoms with E-state index in [9.17, 15) is 4.79 Å². The molecule has 1 N–H and O–H groups in total. The number of carbonyl (C=O) groups is 1. The van der Waals surface area contributed by atoms with Crippen LogP contribution in [-0.2, 0) is 22.7 Å². The van der Waals surface area contributed by atoms with Crippen LogP contribution in [0.15, 0.2) is 72.4 Å². The van der Waals surface area contributed by atoms with Crippen LogP contribution >= 0.6 is 0 Å². The Labute approximate surface area is 138 Å². The molecule has 0 atom stereocenters. The van der Waals surface area contributed by atoms with Crippen molar-refractivity contribution < 1.29 is 9.53 Å². The highest BCUT2D eigenvalue weighted by Crippen LogP contribution is 2.09. The standard InChI is InChI=1S/C20H23NO2/c1-16(2)19(21-14-17-9-5-3-6-10-17)13-20(22)23-15-18-11-7-4-8-12-18/h3-13,16,21H,14-15H2,1-2H3/b19-13-. The summed E-state index contributed by atoms with van der Waals surface area (Å²) in [6.07, 6.45) is 1.55. The molecule has 0 aliphatic carbocycles. The molecule has 0 saturated carbocycles. The Bertz CT molecular complexity index is 633. The Hall–Kier alpha value is -2.55. The number of ether oxygens (including phenoxy) is 1. The van der Waals surface area contributed by atoms with Crippen LogP contribution in [-0.4, -0.2) is 5.97 Å². The van der Waals surface area contributed by atoms with Gasteiger partial charge in [-0.05, 0) is 17.0 Å². The quantitative estimate of drug-likeness (QED) is 0.619. The van der Waals surface area contributed by atoms with Crippen LogP contribution in [0, 0.1) is 5.92 Å². The fourth-order valence-electron chi connectivity index (χ4n) is 2.12. The summed E-state index contributed by atoms with van der Waals surface area (Å²) in [6, 6.07) is 19.8. The number of rotatable bonds is 7. The minimum atomic E-state index is -0.321. The van der Waals surface area contributed by atoms with E-state index in [0.717, 1.165) is 11.3 Å². The number of benzene rings is 2. The highest BCUT2D eigenvalue weighted by molar-refractivity contribution is 5.82. The lowest BCUT2D eigenvalue weighted by atomic mass is 10.1. The van der Waals surface area contributed by atoms with Gasteiger partial charge in [-0.15, -0.1) is 0 Å². The predicted molar refractivity (Wildman–Crippen MR) is 92.4 cm³/mol. The summed E-state index contributed by atoms with van der Waals surface area (Å²) in [4.78, 5) is 12.0. The van der Waals surface area contributed by atoms with Crippen molar-refractivity contribution in [2.24, 2.45) is 5.92 Å². The van der Waals surface area contributed by atoms with Crippen LogP contribution in [0.1, 0.15) is 25.0 Å². The van der Waals surface area contributed by atoms with Crippen molar-refractivity contribution in [1.29, 1.82) is 0 Å². The maximum absolute atomic E-state index is 12.0. The molecule has 2 rings (SSSR count). The first-order valence-electron chi connectivity index (χ1n) is 7.85. The van der Waals surface area contributed by atoms with E-state index >= 15 is 0 Å². The molecule has 0 amide bonds. The van der Waals surface area contributed by atoms with Crippen molar-refractivity contribution in [1.82, 2.24) is 5.32 Å². The summed E-state index contributed by atoms with van der Waals surface area (Å²) in [5.41, 5.74) is 3.04. The first-order valence-corrected chi connectivity index (χ1v) is 7.85. The minimum absolute atomic E-state index is 0.225. The first-order chi connectivity index (χ1) is 11.1. The normalized spacial score (nSPS) is 11.3. The molecule has 0 spiro atoms. The summed E-state index contributed by atoms with van der Waals surface area (Å²) < 4.78 is 5.31. The van der Waals surface area contributed by atoms with Crippen molar-refractivity contribution in [3.05, 3.63) is 83.6 Å². The molecule has 0 aliphatic heterocycles. The molecule has 2 aromatic rings. The van der Waals surface area contributed by atoms with Crippen molar-refractivity contribution >= 4 is 5.97 Å². The summed E-state index contributed by atoms with van der Waals surface area (Å²) in [5, 5.41) is 3.32. The molecule has 2 aromatic carbocycles. The van der Waals surface area contributed by atoms with E-state index in [1.807, 2.05) is 62.4 Å². The molecule has 0 radical (unpaired) electrons. The number of esters is 1. The van der Waals surface area contributed by atoms with Crippen molar-refractivity contribution in [2.45, 2.75) is 27.0 Å². The number of allylic oxidation sites excluding steroid dienone is 1. The second-order valence-corrected chi connectivity index (χ2v) is 5.69. The van der Waals surface area contributed by atoms with Crippen molar-refractivity contribution in [3.8, 4) is 0 Å². The number of nitrogens with one attached hydrogen (secondary N) is 1. The van der Waals surface area contributed by atoms with Gasteiger partial charge in [-0.2, -0.15) is 0 Å². The Morgan fingerprint density at radius 3 is 2.13 bits per heavy atom. The molecule has 0 heterocycles. The molecule has 0 saturated heterocycles. The Balaban J connectivity index is 1.90. The highest BCUT2D eigenvalue weighted by Gasteiger charge is 2.07. The van der Waals surface area contributed by atoms with Crippen LogP contribution in [0.3, 0.4) is 0 Å². The molecule has 0 unspecified atom stereocenters. The lowest BCUT2D eigenvalue weighted by molar-refractivity contribution is -0.139. The molecular weight excluding hydrogens is 286 g/mol. The van der Waals surface area contributed by atoms with Crippen molar-refractivity contribution in [3.63, 3.8) is 0 Å². The summed E-state index contributed by atoms with van der Waals surface area (Å²) >= 11 is 0. The maximum Gasteiger partial charge on any atom is 0.332 e. The summed E-state index contributed by atoms with van der Waals surface area (Å²) in [7, 11) is 0. The zero-order valence-corrected chi connectivity index (χ0v) is 13.7. The largest absolute Gasteiger partial charge is 0.458 e. The van der Waals surface area contributed by atoms with E-state index in [2.05, 4.69) is 17.4 Å². The van der Waals surface area contributed by atoms with Crippen LogP contribution in [0.2, 0.25) is 0 Å². The maximum atomic E-state index is 12.0. The topological polar surface area (TPSA) is 38.3 Å². The second kappa shape index (κ2) is 8.79. The number of hydrogen-bond acceptors (Lipinski definition) is 3. The number of carbonyl (C=O) groups excluding carboxylic acids is 1. The van der Waals surface area contributed by atoms with E-state index < -0.39 is 0 Å². The van der Waals surface area contributed by atoms with Crippen LogP contribution in [0.4, 0.5) is 0 Å². The lowest BCUT2D eigenvalue weighted by Crippen LogP contribution is -2.19. The second-order valence-electron chi connectivity index (χ2n) is 5.69. The average molecular weight is 309 g/mol. The molecule has 0 aromatic heterocycles. The van der Waals surface area contributed by atoms with E-state index in [1.165, 1.54) is 5.56 Å². The van der Waals surface area contributed by atoms with Gasteiger partial charge in [-0.25, -0.2) is 4.79 Å². The fourth-order valence-corrected chi connectivity index (χ4v) is 2.12. The third-order valence-corrected chi connectivity index (χ3v) is 3.46. The van der Waals surface area contributed by atoms with E-state index in [-0.39, 0.29) is 11.9 Å². The molecule has 23 heavy (non-hydrogen) atoms. The van der Waals surface area contributed by atoms with Gasteiger partial charge >= 0.3 is 5.97 Å². The van der Waals surface area contributed by atoms with Crippen LogP contribution < -0.4 is 5.32 Å². The van der Waals surface area contributed by atoms with Gasteiger partial charge in [-0.3, -0.25) is 0 Å². The van der Waals surface area contributed by atoms with E-state index in [4.69, 9.17) is 4.74 Å². The van der Waals surface area contributed by atoms with E-state index in [1.54, 1.807) is 6.08 Å². The molecule has 0 fully saturated rings. The summed E-state index contributed by atoms with van der Waals surface area (Å²) in [5.74, 6) is -0.0962. The SMILES string of the molecule is CC(C)/C(=C/C(=O)OCc1ccccc1)NCc1ccccc1. The Morgan fingerprint density at radius 1 is 1.00 bits per heavy atom. The molecule has 3 nitrogen and oxygen atoms in total. The summed E-state index contributed by atoms with van der Waals surface area (Å²) in [6.45, 7) is 5.08. The smallest absolute Gasteiger partial charge is 0.332 e. The zero-order valence-electron chi connectivity index (χ0n) is 13.7. The van der Waals surface area contributed by atoms with Gasteiger partial charge in [0.25, 0.3) is 0 Å². The van der Waals surface area contributed by atoms with Gasteiger partial charge in [0.1, 0.15) is 6.61 Å². The Morgan fingerprint density at radius 2 is 1.57 bits per heavy atom. The highest BCUT2D eigenvalue weighted by atomic mass is 16.5. The third kappa shape index (κ3) is 5.99. The van der Waals surface area contributed by atoms with Gasteiger partial charge in [0.15, 0.2) is 0 Å². The van der Waals surface area contributed by atoms with Crippen LogP contribution in [0.5, 0.6) is 0 Å². The predicted octanol–water partition coefficient (Wildman–Crippen LogP) is 4.06. The first kappa shape index (κ1) is 16.8. The Kier molecular flexibility index (Phi) is 6.42. The van der Waals surface area contributed by atoms with Gasteiger partial charge in [0.05, 0.1) is 0 Å². The van der Waals surface area contributed by atoms with Gasteiger partial charge in [0, 0.05) is 18.3 Å². The molecule has 120 valence electrons. The zero-order chi connectivity index (χ0) is 16.5. The third-order valence-electron chi connectivity index (χ3n) is 3.46. The van der Waals surface area contributed by atoms with Crippen LogP contribution in [0.25, 0.3) is 0 Å². The molecule has 0 aliphatic rings. The molecular formula is C20H23NO2. The molecule has 0 bridgehead atoms. The van der Waals surface area contributed by atoms with Gasteiger partial charge in [-0.1, -0.05) is 74.5 Å². The minimum Gasteiger partial charge on any atom is -0.458 e. The lowest BCUT2D eigenvalue weighted by Gasteiger charge is -2.14. The molecule has 3 heteroatoms. The van der Waals surface area contributed by atoms with Crippen molar-refractivity contribution in [2.75, 3.05) is 0 Å². The number of hydrogen-bond donors (Lipinski definition) is 1. The van der Waals surface area contributed by atoms with Gasteiger partial charge < -0.3 is 10.1 Å². The monoisotopic (exact) mass is 309 g/mol. The van der Waals surface area contributed by atoms with E-state index in [0.29, 0.717) is 13.2 Å².